The van der Waals surface area contributed by atoms with Crippen molar-refractivity contribution in [3.8, 4) is 0 Å². The van der Waals surface area contributed by atoms with Gasteiger partial charge in [-0.3, -0.25) is 10.1 Å². The van der Waals surface area contributed by atoms with Crippen LogP contribution >= 0.6 is 0 Å². The molecule has 1 aliphatic carbocycles. The van der Waals surface area contributed by atoms with Crippen LogP contribution < -0.4 is 5.32 Å². The first kappa shape index (κ1) is 17.9. The van der Waals surface area contributed by atoms with Crippen LogP contribution in [0.1, 0.15) is 62.8 Å². The zero-order chi connectivity index (χ0) is 18.0. The molecular weight excluding hydrogens is 326 g/mol. The molecule has 1 N–H and O–H groups in total. The molecule has 2 heterocycles. The maximum Gasteiger partial charge on any atom is 0.269 e. The normalized spacial score (nSPS) is 25.4. The lowest BCUT2D eigenvalue weighted by Crippen LogP contribution is -2.46. The molecule has 3 aliphatic rings. The first-order valence-electron chi connectivity index (χ1n) is 10.3. The summed E-state index contributed by atoms with van der Waals surface area (Å²) in [5, 5.41) is 14.3. The lowest BCUT2D eigenvalue weighted by atomic mass is 9.67. The molecule has 1 spiro atoms. The SMILES string of the molecule is O=[N+]([O-])c1ccc(C2CCN(C3CCC4(CCNCC4)CC3)CC2)cc1. The van der Waals surface area contributed by atoms with Gasteiger partial charge in [0.05, 0.1) is 4.92 Å². The molecule has 0 unspecified atom stereocenters. The van der Waals surface area contributed by atoms with Crippen molar-refractivity contribution >= 4 is 5.69 Å². The Labute approximate surface area is 156 Å². The zero-order valence-corrected chi connectivity index (χ0v) is 15.7. The molecule has 0 bridgehead atoms. The van der Waals surface area contributed by atoms with Gasteiger partial charge < -0.3 is 10.2 Å². The summed E-state index contributed by atoms with van der Waals surface area (Å²) < 4.78 is 0. The van der Waals surface area contributed by atoms with Crippen molar-refractivity contribution in [3.05, 3.63) is 39.9 Å². The van der Waals surface area contributed by atoms with E-state index in [2.05, 4.69) is 10.2 Å². The lowest BCUT2D eigenvalue weighted by Gasteiger charge is -2.47. The van der Waals surface area contributed by atoms with Crippen molar-refractivity contribution in [1.82, 2.24) is 10.2 Å². The quantitative estimate of drug-likeness (QED) is 0.654. The lowest BCUT2D eigenvalue weighted by molar-refractivity contribution is -0.384. The topological polar surface area (TPSA) is 58.4 Å². The van der Waals surface area contributed by atoms with Gasteiger partial charge in [-0.15, -0.1) is 0 Å². The van der Waals surface area contributed by atoms with E-state index in [9.17, 15) is 10.1 Å². The van der Waals surface area contributed by atoms with Gasteiger partial charge in [0.1, 0.15) is 0 Å². The molecule has 4 rings (SSSR count). The van der Waals surface area contributed by atoms with Crippen molar-refractivity contribution in [2.75, 3.05) is 26.2 Å². The molecule has 1 aromatic carbocycles. The summed E-state index contributed by atoms with van der Waals surface area (Å²) in [6, 6.07) is 8.01. The Morgan fingerprint density at radius 3 is 2.15 bits per heavy atom. The first-order chi connectivity index (χ1) is 12.7. The van der Waals surface area contributed by atoms with Crippen LogP contribution in [0.3, 0.4) is 0 Å². The number of nitro groups is 1. The summed E-state index contributed by atoms with van der Waals surface area (Å²) in [5.74, 6) is 0.561. The van der Waals surface area contributed by atoms with Crippen molar-refractivity contribution < 1.29 is 4.92 Å². The smallest absolute Gasteiger partial charge is 0.269 e. The van der Waals surface area contributed by atoms with Crippen LogP contribution in [-0.2, 0) is 0 Å². The Bertz CT molecular complexity index is 607. The third-order valence-electron chi connectivity index (χ3n) is 7.30. The fourth-order valence-corrected chi connectivity index (χ4v) is 5.50. The van der Waals surface area contributed by atoms with Crippen LogP contribution in [-0.4, -0.2) is 42.0 Å². The molecule has 1 aromatic rings. The summed E-state index contributed by atoms with van der Waals surface area (Å²) in [4.78, 5) is 13.2. The maximum atomic E-state index is 10.8. The average Bonchev–Trinajstić information content (AvgIpc) is 2.69. The van der Waals surface area contributed by atoms with Gasteiger partial charge in [-0.05, 0) is 94.4 Å². The third kappa shape index (κ3) is 3.79. The molecule has 0 atom stereocenters. The average molecular weight is 357 g/mol. The first-order valence-corrected chi connectivity index (χ1v) is 10.3. The number of nitrogens with zero attached hydrogens (tertiary/aromatic N) is 2. The van der Waals surface area contributed by atoms with Crippen molar-refractivity contribution in [1.29, 1.82) is 0 Å². The van der Waals surface area contributed by atoms with Crippen LogP contribution in [0.25, 0.3) is 0 Å². The molecule has 0 radical (unpaired) electrons. The van der Waals surface area contributed by atoms with Gasteiger partial charge in [-0.2, -0.15) is 0 Å². The maximum absolute atomic E-state index is 10.8. The Morgan fingerprint density at radius 2 is 1.58 bits per heavy atom. The van der Waals surface area contributed by atoms with Crippen LogP contribution in [0.2, 0.25) is 0 Å². The second-order valence-corrected chi connectivity index (χ2v) is 8.64. The van der Waals surface area contributed by atoms with E-state index in [-0.39, 0.29) is 10.6 Å². The van der Waals surface area contributed by atoms with Crippen molar-refractivity contribution in [2.24, 2.45) is 5.41 Å². The highest BCUT2D eigenvalue weighted by molar-refractivity contribution is 5.34. The molecule has 2 saturated heterocycles. The van der Waals surface area contributed by atoms with E-state index >= 15 is 0 Å². The second-order valence-electron chi connectivity index (χ2n) is 8.64. The van der Waals surface area contributed by atoms with Gasteiger partial charge in [-0.1, -0.05) is 12.1 Å². The van der Waals surface area contributed by atoms with Gasteiger partial charge in [-0.25, -0.2) is 0 Å². The summed E-state index contributed by atoms with van der Waals surface area (Å²) in [6.07, 6.45) is 10.7. The number of non-ortho nitro benzene ring substituents is 1. The Hall–Kier alpha value is -1.46. The molecule has 3 fully saturated rings. The van der Waals surface area contributed by atoms with Crippen LogP contribution in [0.4, 0.5) is 5.69 Å². The van der Waals surface area contributed by atoms with Crippen LogP contribution in [0.5, 0.6) is 0 Å². The number of rotatable bonds is 3. The molecule has 142 valence electrons. The summed E-state index contributed by atoms with van der Waals surface area (Å²) in [6.45, 7) is 4.79. The standard InChI is InChI=1S/C21H31N3O2/c25-24(26)20-3-1-17(2-4-20)18-7-15-23(16-8-18)19-5-9-21(10-6-19)11-13-22-14-12-21/h1-4,18-19,22H,5-16H2. The molecular formula is C21H31N3O2. The number of nitro benzene ring substituents is 1. The number of likely N-dealkylation sites (tertiary alicyclic amines) is 1. The van der Waals surface area contributed by atoms with Crippen LogP contribution in [0, 0.1) is 15.5 Å². The number of piperidine rings is 2. The van der Waals surface area contributed by atoms with E-state index in [0.717, 1.165) is 6.04 Å². The fraction of sp³-hybridized carbons (Fsp3) is 0.714. The Balaban J connectivity index is 1.28. The highest BCUT2D eigenvalue weighted by Gasteiger charge is 2.38. The van der Waals surface area contributed by atoms with Crippen LogP contribution in [0.15, 0.2) is 24.3 Å². The number of hydrogen-bond acceptors (Lipinski definition) is 4. The summed E-state index contributed by atoms with van der Waals surface area (Å²) >= 11 is 0. The number of nitrogens with one attached hydrogen (secondary N) is 1. The predicted octanol–water partition coefficient (Wildman–Crippen LogP) is 4.09. The molecule has 2 aliphatic heterocycles. The highest BCUT2D eigenvalue weighted by atomic mass is 16.6. The molecule has 0 amide bonds. The number of hydrogen-bond donors (Lipinski definition) is 1. The molecule has 5 heteroatoms. The molecule has 26 heavy (non-hydrogen) atoms. The van der Waals surface area contributed by atoms with Gasteiger partial charge >= 0.3 is 0 Å². The van der Waals surface area contributed by atoms with Gasteiger partial charge in [0.15, 0.2) is 0 Å². The fourth-order valence-electron chi connectivity index (χ4n) is 5.50. The van der Waals surface area contributed by atoms with Gasteiger partial charge in [0.25, 0.3) is 5.69 Å². The van der Waals surface area contributed by atoms with Crippen molar-refractivity contribution in [2.45, 2.75) is 63.3 Å². The third-order valence-corrected chi connectivity index (χ3v) is 7.30. The second kappa shape index (κ2) is 7.65. The number of benzene rings is 1. The van der Waals surface area contributed by atoms with Gasteiger partial charge in [0, 0.05) is 18.2 Å². The predicted molar refractivity (Wildman–Crippen MR) is 103 cm³/mol. The molecule has 0 aromatic heterocycles. The van der Waals surface area contributed by atoms with E-state index in [1.54, 1.807) is 12.1 Å². The van der Waals surface area contributed by atoms with Crippen molar-refractivity contribution in [3.63, 3.8) is 0 Å². The highest BCUT2D eigenvalue weighted by Crippen LogP contribution is 2.45. The van der Waals surface area contributed by atoms with E-state index in [4.69, 9.17) is 0 Å². The van der Waals surface area contributed by atoms with E-state index in [1.807, 2.05) is 12.1 Å². The summed E-state index contributed by atoms with van der Waals surface area (Å²) in [7, 11) is 0. The van der Waals surface area contributed by atoms with E-state index in [1.165, 1.54) is 83.1 Å². The summed E-state index contributed by atoms with van der Waals surface area (Å²) in [5.41, 5.74) is 2.12. The monoisotopic (exact) mass is 357 g/mol. The molecule has 5 nitrogen and oxygen atoms in total. The Kier molecular flexibility index (Phi) is 5.28. The Morgan fingerprint density at radius 1 is 0.962 bits per heavy atom. The zero-order valence-electron chi connectivity index (χ0n) is 15.7. The minimum atomic E-state index is -0.315. The van der Waals surface area contributed by atoms with E-state index < -0.39 is 0 Å². The van der Waals surface area contributed by atoms with Gasteiger partial charge in [0.2, 0.25) is 0 Å². The molecule has 1 saturated carbocycles. The largest absolute Gasteiger partial charge is 0.317 e. The van der Waals surface area contributed by atoms with E-state index in [0.29, 0.717) is 11.3 Å². The minimum Gasteiger partial charge on any atom is -0.317 e. The minimum absolute atomic E-state index is 0.195.